The van der Waals surface area contributed by atoms with Crippen molar-refractivity contribution in [2.75, 3.05) is 26.5 Å². The summed E-state index contributed by atoms with van der Waals surface area (Å²) in [4.78, 5) is 20.5. The average Bonchev–Trinajstić information content (AvgIpc) is 2.85. The third-order valence-corrected chi connectivity index (χ3v) is 7.81. The van der Waals surface area contributed by atoms with Gasteiger partial charge in [-0.05, 0) is 82.1 Å². The van der Waals surface area contributed by atoms with Gasteiger partial charge in [0.1, 0.15) is 5.75 Å². The SMILES string of the molecule is COc1cc(-c2ccc3ncc(C(=O)C(C)(C)C)c(NC4CCC(N(C)C)CC4)c3c2)cc(Cl)c1C. The molecule has 1 N–H and O–H groups in total. The first-order valence-electron chi connectivity index (χ1n) is 12.7. The summed E-state index contributed by atoms with van der Waals surface area (Å²) >= 11 is 6.52. The molecule has 0 unspecified atom stereocenters. The van der Waals surface area contributed by atoms with E-state index in [2.05, 4.69) is 35.4 Å². The van der Waals surface area contributed by atoms with E-state index in [-0.39, 0.29) is 5.78 Å². The van der Waals surface area contributed by atoms with Crippen LogP contribution in [0.2, 0.25) is 5.02 Å². The van der Waals surface area contributed by atoms with E-state index in [9.17, 15) is 4.79 Å². The van der Waals surface area contributed by atoms with Crippen molar-refractivity contribution in [3.63, 3.8) is 0 Å². The number of anilines is 1. The van der Waals surface area contributed by atoms with Crippen molar-refractivity contribution >= 4 is 34.0 Å². The molecule has 3 aromatic rings. The van der Waals surface area contributed by atoms with Crippen LogP contribution in [0.3, 0.4) is 0 Å². The number of carbonyl (C=O) groups excluding carboxylic acids is 1. The van der Waals surface area contributed by atoms with Gasteiger partial charge < -0.3 is 15.0 Å². The Balaban J connectivity index is 1.82. The summed E-state index contributed by atoms with van der Waals surface area (Å²) < 4.78 is 5.56. The van der Waals surface area contributed by atoms with Gasteiger partial charge in [-0.15, -0.1) is 0 Å². The number of nitrogens with one attached hydrogen (secondary N) is 1. The lowest BCUT2D eigenvalue weighted by atomic mass is 9.85. The monoisotopic (exact) mass is 507 g/mol. The molecule has 2 aromatic carbocycles. The molecule has 0 bridgehead atoms. The number of aromatic nitrogens is 1. The Bertz CT molecular complexity index is 1270. The van der Waals surface area contributed by atoms with Crippen molar-refractivity contribution in [1.82, 2.24) is 9.88 Å². The van der Waals surface area contributed by atoms with Crippen molar-refractivity contribution in [2.45, 2.75) is 65.5 Å². The highest BCUT2D eigenvalue weighted by atomic mass is 35.5. The minimum Gasteiger partial charge on any atom is -0.496 e. The van der Waals surface area contributed by atoms with Crippen LogP contribution in [0.1, 0.15) is 62.4 Å². The van der Waals surface area contributed by atoms with Gasteiger partial charge in [0, 0.05) is 39.7 Å². The Morgan fingerprint density at radius 1 is 1.08 bits per heavy atom. The summed E-state index contributed by atoms with van der Waals surface area (Å²) in [7, 11) is 5.97. The maximum Gasteiger partial charge on any atom is 0.171 e. The van der Waals surface area contributed by atoms with Crippen LogP contribution >= 0.6 is 11.6 Å². The second kappa shape index (κ2) is 10.4. The lowest BCUT2D eigenvalue weighted by molar-refractivity contribution is 0.0859. The smallest absolute Gasteiger partial charge is 0.171 e. The first-order valence-corrected chi connectivity index (χ1v) is 13.1. The number of methoxy groups -OCH3 is 1. The van der Waals surface area contributed by atoms with Crippen LogP contribution in [0, 0.1) is 12.3 Å². The van der Waals surface area contributed by atoms with E-state index in [1.165, 1.54) is 0 Å². The van der Waals surface area contributed by atoms with Crippen LogP contribution in [-0.4, -0.2) is 49.0 Å². The topological polar surface area (TPSA) is 54.5 Å². The summed E-state index contributed by atoms with van der Waals surface area (Å²) in [5.74, 6) is 0.843. The van der Waals surface area contributed by atoms with Crippen LogP contribution in [0.15, 0.2) is 36.5 Å². The number of fused-ring (bicyclic) bond motifs is 1. The minimum atomic E-state index is -0.510. The van der Waals surface area contributed by atoms with Crippen LogP contribution in [0.25, 0.3) is 22.0 Å². The van der Waals surface area contributed by atoms with Crippen molar-refractivity contribution in [1.29, 1.82) is 0 Å². The molecule has 192 valence electrons. The summed E-state index contributed by atoms with van der Waals surface area (Å²) in [6.07, 6.45) is 6.17. The van der Waals surface area contributed by atoms with Gasteiger partial charge in [0.25, 0.3) is 0 Å². The summed E-state index contributed by atoms with van der Waals surface area (Å²) in [6.45, 7) is 7.83. The lowest BCUT2D eigenvalue weighted by Crippen LogP contribution is -2.36. The Morgan fingerprint density at radius 2 is 1.78 bits per heavy atom. The normalized spacial score (nSPS) is 18.5. The van der Waals surface area contributed by atoms with Crippen LogP contribution in [0.5, 0.6) is 5.75 Å². The maximum atomic E-state index is 13.5. The molecular formula is C30H38ClN3O2. The first kappa shape index (κ1) is 26.4. The number of ketones is 1. The molecule has 5 nitrogen and oxygen atoms in total. The molecule has 0 atom stereocenters. The Kier molecular flexibility index (Phi) is 7.63. The fraction of sp³-hybridized carbons (Fsp3) is 0.467. The fourth-order valence-electron chi connectivity index (χ4n) is 5.08. The number of pyridine rings is 1. The van der Waals surface area contributed by atoms with Crippen molar-refractivity contribution in [2.24, 2.45) is 5.41 Å². The van der Waals surface area contributed by atoms with Gasteiger partial charge in [-0.25, -0.2) is 0 Å². The highest BCUT2D eigenvalue weighted by molar-refractivity contribution is 6.31. The maximum absolute atomic E-state index is 13.5. The largest absolute Gasteiger partial charge is 0.496 e. The zero-order chi connectivity index (χ0) is 26.2. The molecule has 1 aliphatic carbocycles. The zero-order valence-electron chi connectivity index (χ0n) is 22.5. The van der Waals surface area contributed by atoms with Gasteiger partial charge in [-0.3, -0.25) is 9.78 Å². The zero-order valence-corrected chi connectivity index (χ0v) is 23.3. The van der Waals surface area contributed by atoms with Gasteiger partial charge in [0.05, 0.1) is 23.9 Å². The van der Waals surface area contributed by atoms with Crippen molar-refractivity contribution in [3.05, 3.63) is 52.7 Å². The van der Waals surface area contributed by atoms with E-state index < -0.39 is 5.41 Å². The number of nitrogens with zero attached hydrogens (tertiary/aromatic N) is 2. The molecule has 1 aromatic heterocycles. The third-order valence-electron chi connectivity index (χ3n) is 7.42. The van der Waals surface area contributed by atoms with Crippen LogP contribution in [-0.2, 0) is 0 Å². The molecule has 1 saturated carbocycles. The predicted molar refractivity (Wildman–Crippen MR) is 151 cm³/mol. The van der Waals surface area contributed by atoms with E-state index in [4.69, 9.17) is 16.3 Å². The van der Waals surface area contributed by atoms with Crippen LogP contribution in [0.4, 0.5) is 5.69 Å². The number of rotatable bonds is 6. The Hall–Kier alpha value is -2.63. The molecule has 0 aliphatic heterocycles. The predicted octanol–water partition coefficient (Wildman–Crippen LogP) is 7.39. The molecule has 4 rings (SSSR count). The number of benzene rings is 2. The van der Waals surface area contributed by atoms with E-state index in [0.29, 0.717) is 22.7 Å². The third kappa shape index (κ3) is 5.37. The standard InChI is InChI=1S/C30H38ClN3O2/c1-18-25(31)15-20(16-27(18)36-7)19-8-13-26-23(14-19)28(24(17-32-26)29(35)30(2,3)4)33-21-9-11-22(12-10-21)34(5)6/h8,13-17,21-22H,9-12H2,1-7H3,(H,32,33). The summed E-state index contributed by atoms with van der Waals surface area (Å²) in [6, 6.07) is 11.1. The quantitative estimate of drug-likeness (QED) is 0.352. The highest BCUT2D eigenvalue weighted by Gasteiger charge is 2.29. The van der Waals surface area contributed by atoms with Gasteiger partial charge in [-0.2, -0.15) is 0 Å². The number of hydrogen-bond acceptors (Lipinski definition) is 5. The molecular weight excluding hydrogens is 470 g/mol. The van der Waals surface area contributed by atoms with E-state index in [1.807, 2.05) is 52.0 Å². The van der Waals surface area contributed by atoms with Gasteiger partial charge in [0.2, 0.25) is 0 Å². The first-order chi connectivity index (χ1) is 17.0. The summed E-state index contributed by atoms with van der Waals surface area (Å²) in [5.41, 5.74) is 4.78. The molecule has 0 amide bonds. The average molecular weight is 508 g/mol. The number of carbonyl (C=O) groups is 1. The highest BCUT2D eigenvalue weighted by Crippen LogP contribution is 2.38. The second-order valence-corrected chi connectivity index (χ2v) is 11.7. The molecule has 1 fully saturated rings. The molecule has 0 spiro atoms. The molecule has 1 heterocycles. The number of Topliss-reactive ketones (excluding diaryl/α,β-unsaturated/α-hetero) is 1. The fourth-order valence-corrected chi connectivity index (χ4v) is 5.29. The van der Waals surface area contributed by atoms with E-state index in [1.54, 1.807) is 13.3 Å². The number of hydrogen-bond donors (Lipinski definition) is 1. The molecule has 0 radical (unpaired) electrons. The molecule has 36 heavy (non-hydrogen) atoms. The Labute approximate surface area is 220 Å². The summed E-state index contributed by atoms with van der Waals surface area (Å²) in [5, 5.41) is 5.41. The molecule has 0 saturated heterocycles. The molecule has 6 heteroatoms. The number of halogens is 1. The molecule has 1 aliphatic rings. The van der Waals surface area contributed by atoms with Crippen molar-refractivity contribution in [3.8, 4) is 16.9 Å². The van der Waals surface area contributed by atoms with Gasteiger partial charge in [0.15, 0.2) is 5.78 Å². The minimum absolute atomic E-state index is 0.0897. The van der Waals surface area contributed by atoms with Crippen molar-refractivity contribution < 1.29 is 9.53 Å². The second-order valence-electron chi connectivity index (χ2n) is 11.3. The van der Waals surface area contributed by atoms with E-state index in [0.717, 1.165) is 64.7 Å². The Morgan fingerprint density at radius 3 is 2.39 bits per heavy atom. The van der Waals surface area contributed by atoms with Gasteiger partial charge >= 0.3 is 0 Å². The van der Waals surface area contributed by atoms with E-state index >= 15 is 0 Å². The lowest BCUT2D eigenvalue weighted by Gasteiger charge is -2.34. The number of ether oxygens (including phenoxy) is 1. The van der Waals surface area contributed by atoms with Gasteiger partial charge in [-0.1, -0.05) is 38.4 Å². The van der Waals surface area contributed by atoms with Crippen LogP contribution < -0.4 is 10.1 Å².